The summed E-state index contributed by atoms with van der Waals surface area (Å²) in [7, 11) is 0. The predicted octanol–water partition coefficient (Wildman–Crippen LogP) is 13.9. The van der Waals surface area contributed by atoms with Crippen LogP contribution in [0.1, 0.15) is 11.1 Å². The molecule has 0 radical (unpaired) electrons. The molecular weight excluding hydrogens is 665 g/mol. The van der Waals surface area contributed by atoms with Gasteiger partial charge in [0.15, 0.2) is 0 Å². The first-order valence-electron chi connectivity index (χ1n) is 19.1. The van der Waals surface area contributed by atoms with Crippen molar-refractivity contribution in [3.8, 4) is 44.8 Å². The molecule has 0 fully saturated rings. The van der Waals surface area contributed by atoms with Crippen molar-refractivity contribution < 1.29 is 0 Å². The molecular formula is C53H34N2. The summed E-state index contributed by atoms with van der Waals surface area (Å²) in [6.45, 7) is 0. The van der Waals surface area contributed by atoms with E-state index < -0.39 is 0 Å². The largest absolute Gasteiger partial charge is 0.309 e. The third-order valence-electron chi connectivity index (χ3n) is 11.9. The number of nitrogens with zero attached hydrogens (tertiary/aromatic N) is 2. The van der Waals surface area contributed by atoms with Gasteiger partial charge in [-0.3, -0.25) is 0 Å². The third kappa shape index (κ3) is 4.55. The van der Waals surface area contributed by atoms with Crippen LogP contribution >= 0.6 is 0 Å². The Hall–Kier alpha value is -7.16. The van der Waals surface area contributed by atoms with Gasteiger partial charge in [0, 0.05) is 32.6 Å². The van der Waals surface area contributed by atoms with Crippen molar-refractivity contribution >= 4 is 54.4 Å². The second-order valence-corrected chi connectivity index (χ2v) is 14.9. The van der Waals surface area contributed by atoms with Crippen LogP contribution in [-0.2, 0) is 6.42 Å². The van der Waals surface area contributed by atoms with Crippen LogP contribution in [0.2, 0.25) is 0 Å². The molecule has 0 spiro atoms. The summed E-state index contributed by atoms with van der Waals surface area (Å²) in [5.41, 5.74) is 17.7. The molecule has 0 saturated heterocycles. The maximum Gasteiger partial charge on any atom is 0.0547 e. The molecule has 2 heterocycles. The van der Waals surface area contributed by atoms with Crippen LogP contribution in [0.25, 0.3) is 99.1 Å². The van der Waals surface area contributed by atoms with Gasteiger partial charge >= 0.3 is 0 Å². The van der Waals surface area contributed by atoms with Crippen LogP contribution in [0.15, 0.2) is 194 Å². The molecule has 2 nitrogen and oxygen atoms in total. The molecule has 1 aliphatic carbocycles. The Morgan fingerprint density at radius 2 is 0.909 bits per heavy atom. The van der Waals surface area contributed by atoms with Gasteiger partial charge < -0.3 is 9.13 Å². The molecule has 9 aromatic carbocycles. The minimum atomic E-state index is 1.01. The van der Waals surface area contributed by atoms with E-state index >= 15 is 0 Å². The summed E-state index contributed by atoms with van der Waals surface area (Å²) >= 11 is 0. The normalized spacial score (nSPS) is 12.3. The number of hydrogen-bond acceptors (Lipinski definition) is 0. The van der Waals surface area contributed by atoms with E-state index in [1.165, 1.54) is 110 Å². The molecule has 0 saturated carbocycles. The molecule has 1 aliphatic rings. The van der Waals surface area contributed by atoms with Gasteiger partial charge in [-0.2, -0.15) is 0 Å². The molecule has 12 rings (SSSR count). The smallest absolute Gasteiger partial charge is 0.0547 e. The highest BCUT2D eigenvalue weighted by Gasteiger charge is 2.20. The summed E-state index contributed by atoms with van der Waals surface area (Å²) in [6, 6.07) is 71.8. The van der Waals surface area contributed by atoms with Gasteiger partial charge in [-0.1, -0.05) is 133 Å². The Balaban J connectivity index is 1.01. The molecule has 0 aliphatic heterocycles. The Labute approximate surface area is 318 Å². The number of benzene rings is 9. The first-order valence-corrected chi connectivity index (χ1v) is 19.1. The minimum absolute atomic E-state index is 1.01. The minimum Gasteiger partial charge on any atom is -0.309 e. The summed E-state index contributed by atoms with van der Waals surface area (Å²) in [6.07, 6.45) is 1.01. The molecule has 0 atom stereocenters. The van der Waals surface area contributed by atoms with Gasteiger partial charge in [-0.25, -0.2) is 0 Å². The zero-order valence-corrected chi connectivity index (χ0v) is 30.1. The number of hydrogen-bond donors (Lipinski definition) is 0. The van der Waals surface area contributed by atoms with E-state index in [2.05, 4.69) is 203 Å². The van der Waals surface area contributed by atoms with Crippen molar-refractivity contribution in [3.63, 3.8) is 0 Å². The lowest BCUT2D eigenvalue weighted by molar-refractivity contribution is 1.18. The van der Waals surface area contributed by atoms with Crippen molar-refractivity contribution in [1.29, 1.82) is 0 Å². The highest BCUT2D eigenvalue weighted by atomic mass is 15.0. The topological polar surface area (TPSA) is 9.86 Å². The zero-order chi connectivity index (χ0) is 36.0. The fourth-order valence-corrected chi connectivity index (χ4v) is 9.36. The molecule has 256 valence electrons. The fraction of sp³-hybridized carbons (Fsp3) is 0.0189. The Morgan fingerprint density at radius 1 is 0.309 bits per heavy atom. The molecule has 11 aromatic rings. The van der Waals surface area contributed by atoms with Crippen molar-refractivity contribution in [2.24, 2.45) is 0 Å². The van der Waals surface area contributed by atoms with Gasteiger partial charge in [0.1, 0.15) is 0 Å². The van der Waals surface area contributed by atoms with Crippen LogP contribution in [0.3, 0.4) is 0 Å². The molecule has 0 amide bonds. The van der Waals surface area contributed by atoms with Crippen molar-refractivity contribution in [1.82, 2.24) is 9.13 Å². The average Bonchev–Trinajstić information content (AvgIpc) is 3.90. The standard InChI is InChI=1S/C53H34N2/c1-2-13-41(14-3-1)54-50-18-8-7-17-45(50)48-32-36(25-28-52(48)54)37-24-27-46-44-16-6-9-19-51(44)55(53(46)33-37)49-20-10-12-39-29-34(23-26-43(39)49)35-21-22-40-30-38-11-4-5-15-42(38)47(40)31-35/h1-29,31-33H,30H2. The van der Waals surface area contributed by atoms with E-state index in [0.717, 1.165) is 6.42 Å². The molecule has 0 unspecified atom stereocenters. The molecule has 2 aromatic heterocycles. The predicted molar refractivity (Wildman–Crippen MR) is 232 cm³/mol. The number of rotatable bonds is 4. The van der Waals surface area contributed by atoms with Crippen LogP contribution in [0.5, 0.6) is 0 Å². The first kappa shape index (κ1) is 30.3. The number of fused-ring (bicyclic) bond motifs is 10. The summed E-state index contributed by atoms with van der Waals surface area (Å²) in [4.78, 5) is 0. The monoisotopic (exact) mass is 698 g/mol. The molecule has 0 N–H and O–H groups in total. The average molecular weight is 699 g/mol. The lowest BCUT2D eigenvalue weighted by atomic mass is 9.96. The fourth-order valence-electron chi connectivity index (χ4n) is 9.36. The number of aromatic nitrogens is 2. The first-order chi connectivity index (χ1) is 27.3. The maximum atomic E-state index is 2.47. The quantitative estimate of drug-likeness (QED) is 0.173. The Bertz CT molecular complexity index is 3340. The van der Waals surface area contributed by atoms with E-state index in [0.29, 0.717) is 0 Å². The Kier molecular flexibility index (Phi) is 6.43. The van der Waals surface area contributed by atoms with E-state index in [9.17, 15) is 0 Å². The van der Waals surface area contributed by atoms with Crippen LogP contribution < -0.4 is 0 Å². The lowest BCUT2D eigenvalue weighted by Crippen LogP contribution is -1.96. The van der Waals surface area contributed by atoms with Crippen molar-refractivity contribution in [2.75, 3.05) is 0 Å². The van der Waals surface area contributed by atoms with Crippen molar-refractivity contribution in [2.45, 2.75) is 6.42 Å². The van der Waals surface area contributed by atoms with Crippen LogP contribution in [0, 0.1) is 0 Å². The van der Waals surface area contributed by atoms with Gasteiger partial charge in [0.25, 0.3) is 0 Å². The van der Waals surface area contributed by atoms with Gasteiger partial charge in [-0.05, 0) is 117 Å². The third-order valence-corrected chi connectivity index (χ3v) is 11.9. The lowest BCUT2D eigenvalue weighted by Gasteiger charge is -2.14. The summed E-state index contributed by atoms with van der Waals surface area (Å²) in [5.74, 6) is 0. The second-order valence-electron chi connectivity index (χ2n) is 14.9. The van der Waals surface area contributed by atoms with Gasteiger partial charge in [0.05, 0.1) is 27.8 Å². The molecule has 2 heteroatoms. The molecule has 55 heavy (non-hydrogen) atoms. The molecule has 0 bridgehead atoms. The van der Waals surface area contributed by atoms with Crippen molar-refractivity contribution in [3.05, 3.63) is 205 Å². The van der Waals surface area contributed by atoms with E-state index in [4.69, 9.17) is 0 Å². The highest BCUT2D eigenvalue weighted by Crippen LogP contribution is 2.42. The van der Waals surface area contributed by atoms with E-state index in [1.54, 1.807) is 0 Å². The number of para-hydroxylation sites is 3. The van der Waals surface area contributed by atoms with Crippen LogP contribution in [-0.4, -0.2) is 9.13 Å². The van der Waals surface area contributed by atoms with Gasteiger partial charge in [0.2, 0.25) is 0 Å². The summed E-state index contributed by atoms with van der Waals surface area (Å²) < 4.78 is 4.85. The SMILES string of the molecule is c1ccc(-n2c3ccccc3c3cc(-c4ccc5c6ccccc6n(-c6cccc7cc(-c8ccc9c(c8)-c8ccccc8C9)ccc67)c5c4)ccc32)cc1. The maximum absolute atomic E-state index is 2.47. The van der Waals surface area contributed by atoms with Crippen LogP contribution in [0.4, 0.5) is 0 Å². The van der Waals surface area contributed by atoms with E-state index in [-0.39, 0.29) is 0 Å². The summed E-state index contributed by atoms with van der Waals surface area (Å²) in [5, 5.41) is 7.51. The van der Waals surface area contributed by atoms with E-state index in [1.807, 2.05) is 0 Å². The highest BCUT2D eigenvalue weighted by molar-refractivity contribution is 6.13. The van der Waals surface area contributed by atoms with Gasteiger partial charge in [-0.15, -0.1) is 0 Å². The Morgan fingerprint density at radius 3 is 1.78 bits per heavy atom. The second kappa shape index (κ2) is 11.7. The zero-order valence-electron chi connectivity index (χ0n) is 30.1.